The van der Waals surface area contributed by atoms with Crippen molar-refractivity contribution in [3.05, 3.63) is 39.4 Å². The van der Waals surface area contributed by atoms with Gasteiger partial charge in [0.25, 0.3) is 5.56 Å². The number of hydrogen-bond donors (Lipinski definition) is 1. The maximum absolute atomic E-state index is 12.5. The first-order valence-corrected chi connectivity index (χ1v) is 8.50. The summed E-state index contributed by atoms with van der Waals surface area (Å²) in [6.45, 7) is 4.68. The van der Waals surface area contributed by atoms with Gasteiger partial charge in [-0.2, -0.15) is 0 Å². The molecule has 0 spiro atoms. The van der Waals surface area contributed by atoms with Gasteiger partial charge in [-0.3, -0.25) is 14.2 Å². The number of nitrogens with zero attached hydrogens (tertiary/aromatic N) is 3. The van der Waals surface area contributed by atoms with Gasteiger partial charge < -0.3 is 10.2 Å². The molecule has 1 amide bonds. The van der Waals surface area contributed by atoms with E-state index in [1.165, 1.54) is 10.9 Å². The molecule has 1 aliphatic heterocycles. The Kier molecular flexibility index (Phi) is 4.77. The van der Waals surface area contributed by atoms with E-state index < -0.39 is 0 Å². The lowest BCUT2D eigenvalue weighted by Crippen LogP contribution is -2.51. The maximum atomic E-state index is 12.5. The molecule has 2 aromatic rings. The molecule has 1 aromatic carbocycles. The molecule has 1 unspecified atom stereocenters. The minimum atomic E-state index is -0.113. The van der Waals surface area contributed by atoms with Crippen LogP contribution >= 0.6 is 15.9 Å². The van der Waals surface area contributed by atoms with Crippen molar-refractivity contribution in [2.75, 3.05) is 19.6 Å². The smallest absolute Gasteiger partial charge is 0.261 e. The third-order valence-electron chi connectivity index (χ3n) is 4.07. The van der Waals surface area contributed by atoms with Crippen LogP contribution in [-0.4, -0.2) is 46.0 Å². The number of aryl methyl sites for hydroxylation is 1. The van der Waals surface area contributed by atoms with Gasteiger partial charge in [0.1, 0.15) is 0 Å². The van der Waals surface area contributed by atoms with Gasteiger partial charge in [0, 0.05) is 43.1 Å². The average molecular weight is 379 g/mol. The maximum Gasteiger partial charge on any atom is 0.261 e. The number of hydrogen-bond acceptors (Lipinski definition) is 4. The van der Waals surface area contributed by atoms with Gasteiger partial charge in [-0.05, 0) is 25.1 Å². The van der Waals surface area contributed by atoms with Crippen molar-refractivity contribution < 1.29 is 4.79 Å². The van der Waals surface area contributed by atoms with E-state index in [2.05, 4.69) is 33.2 Å². The number of nitrogens with one attached hydrogen (secondary N) is 1. The Morgan fingerprint density at radius 2 is 2.30 bits per heavy atom. The molecule has 1 saturated heterocycles. The Labute approximate surface area is 142 Å². The van der Waals surface area contributed by atoms with E-state index in [1.807, 2.05) is 11.0 Å². The quantitative estimate of drug-likeness (QED) is 0.875. The van der Waals surface area contributed by atoms with Gasteiger partial charge in [-0.1, -0.05) is 15.9 Å². The first-order valence-electron chi connectivity index (χ1n) is 7.70. The lowest BCUT2D eigenvalue weighted by molar-refractivity contribution is -0.132. The van der Waals surface area contributed by atoms with Crippen LogP contribution in [0.5, 0.6) is 0 Å². The largest absolute Gasteiger partial charge is 0.340 e. The van der Waals surface area contributed by atoms with E-state index in [4.69, 9.17) is 0 Å². The SMILES string of the molecule is CC1CN(C(=O)CCn2cnc3ccc(Br)cc3c2=O)CCN1. The second-order valence-electron chi connectivity index (χ2n) is 5.85. The van der Waals surface area contributed by atoms with Crippen LogP contribution in [0.1, 0.15) is 13.3 Å². The normalized spacial score (nSPS) is 18.3. The van der Waals surface area contributed by atoms with Gasteiger partial charge in [0.15, 0.2) is 0 Å². The number of amides is 1. The fourth-order valence-electron chi connectivity index (χ4n) is 2.82. The van der Waals surface area contributed by atoms with Crippen molar-refractivity contribution in [3.63, 3.8) is 0 Å². The standard InChI is InChI=1S/C16H19BrN4O2/c1-11-9-20(7-5-18-11)15(22)4-6-21-10-19-14-3-2-12(17)8-13(14)16(21)23/h2-3,8,10-11,18H,4-7,9H2,1H3. The van der Waals surface area contributed by atoms with Crippen LogP contribution in [0.2, 0.25) is 0 Å². The minimum absolute atomic E-state index is 0.0830. The molecule has 6 nitrogen and oxygen atoms in total. The van der Waals surface area contributed by atoms with Crippen LogP contribution in [-0.2, 0) is 11.3 Å². The molecule has 1 atom stereocenters. The molecule has 1 N–H and O–H groups in total. The van der Waals surface area contributed by atoms with Crippen molar-refractivity contribution in [1.82, 2.24) is 19.8 Å². The average Bonchev–Trinajstić information content (AvgIpc) is 2.54. The van der Waals surface area contributed by atoms with Gasteiger partial charge in [-0.15, -0.1) is 0 Å². The van der Waals surface area contributed by atoms with E-state index in [0.29, 0.717) is 29.9 Å². The van der Waals surface area contributed by atoms with Crippen molar-refractivity contribution in [2.45, 2.75) is 25.9 Å². The lowest BCUT2D eigenvalue weighted by atomic mass is 10.2. The predicted molar refractivity (Wildman–Crippen MR) is 92.4 cm³/mol. The highest BCUT2D eigenvalue weighted by molar-refractivity contribution is 9.10. The summed E-state index contributed by atoms with van der Waals surface area (Å²) < 4.78 is 2.35. The van der Waals surface area contributed by atoms with E-state index in [9.17, 15) is 9.59 Å². The second-order valence-corrected chi connectivity index (χ2v) is 6.77. The van der Waals surface area contributed by atoms with Gasteiger partial charge in [-0.25, -0.2) is 4.98 Å². The zero-order valence-corrected chi connectivity index (χ0v) is 14.5. The molecule has 0 radical (unpaired) electrons. The predicted octanol–water partition coefficient (Wildman–Crippen LogP) is 1.37. The van der Waals surface area contributed by atoms with Crippen LogP contribution in [0.4, 0.5) is 0 Å². The van der Waals surface area contributed by atoms with Crippen LogP contribution in [0.25, 0.3) is 10.9 Å². The number of carbonyl (C=O) groups is 1. The van der Waals surface area contributed by atoms with Crippen molar-refractivity contribution >= 4 is 32.7 Å². The first-order chi connectivity index (χ1) is 11.0. The highest BCUT2D eigenvalue weighted by Gasteiger charge is 2.20. The Balaban J connectivity index is 1.73. The summed E-state index contributed by atoms with van der Waals surface area (Å²) in [5.41, 5.74) is 0.550. The third-order valence-corrected chi connectivity index (χ3v) is 4.57. The van der Waals surface area contributed by atoms with Gasteiger partial charge >= 0.3 is 0 Å². The summed E-state index contributed by atoms with van der Waals surface area (Å²) in [7, 11) is 0. The molecule has 2 heterocycles. The summed E-state index contributed by atoms with van der Waals surface area (Å²) in [4.78, 5) is 30.9. The Hall–Kier alpha value is -1.73. The molecule has 7 heteroatoms. The number of piperazine rings is 1. The lowest BCUT2D eigenvalue weighted by Gasteiger charge is -2.32. The molecule has 0 saturated carbocycles. The number of rotatable bonds is 3. The molecule has 1 fully saturated rings. The molecular weight excluding hydrogens is 360 g/mol. The number of aromatic nitrogens is 2. The summed E-state index contributed by atoms with van der Waals surface area (Å²) in [6.07, 6.45) is 1.83. The van der Waals surface area contributed by atoms with Crippen LogP contribution in [0.15, 0.2) is 33.8 Å². The van der Waals surface area contributed by atoms with E-state index >= 15 is 0 Å². The molecule has 122 valence electrons. The van der Waals surface area contributed by atoms with Gasteiger partial charge in [0.05, 0.1) is 17.2 Å². The van der Waals surface area contributed by atoms with E-state index in [1.54, 1.807) is 12.1 Å². The zero-order valence-electron chi connectivity index (χ0n) is 13.0. The third kappa shape index (κ3) is 3.61. The van der Waals surface area contributed by atoms with Gasteiger partial charge in [0.2, 0.25) is 5.91 Å². The topological polar surface area (TPSA) is 67.2 Å². The van der Waals surface area contributed by atoms with Crippen molar-refractivity contribution in [2.24, 2.45) is 0 Å². The van der Waals surface area contributed by atoms with Crippen molar-refractivity contribution in [1.29, 1.82) is 0 Å². The highest BCUT2D eigenvalue weighted by atomic mass is 79.9. The zero-order chi connectivity index (χ0) is 16.4. The molecule has 1 aromatic heterocycles. The number of halogens is 1. The fourth-order valence-corrected chi connectivity index (χ4v) is 3.18. The van der Waals surface area contributed by atoms with Crippen molar-refractivity contribution in [3.8, 4) is 0 Å². The van der Waals surface area contributed by atoms with Crippen LogP contribution < -0.4 is 10.9 Å². The molecule has 1 aliphatic rings. The van der Waals surface area contributed by atoms with Crippen LogP contribution in [0.3, 0.4) is 0 Å². The molecule has 0 aliphatic carbocycles. The Morgan fingerprint density at radius 1 is 1.48 bits per heavy atom. The summed E-state index contributed by atoms with van der Waals surface area (Å²) >= 11 is 3.37. The molecule has 0 bridgehead atoms. The number of fused-ring (bicyclic) bond motifs is 1. The molecular formula is C16H19BrN4O2. The summed E-state index contributed by atoms with van der Waals surface area (Å²) in [5.74, 6) is 0.0830. The Bertz CT molecular complexity index is 789. The van der Waals surface area contributed by atoms with E-state index in [-0.39, 0.29) is 11.5 Å². The first kappa shape index (κ1) is 16.1. The molecule has 3 rings (SSSR count). The fraction of sp³-hybridized carbons (Fsp3) is 0.438. The minimum Gasteiger partial charge on any atom is -0.340 e. The Morgan fingerprint density at radius 3 is 3.09 bits per heavy atom. The number of benzene rings is 1. The summed E-state index contributed by atoms with van der Waals surface area (Å²) in [5, 5.41) is 3.87. The number of carbonyl (C=O) groups excluding carboxylic acids is 1. The second kappa shape index (κ2) is 6.80. The monoisotopic (exact) mass is 378 g/mol. The highest BCUT2D eigenvalue weighted by Crippen LogP contribution is 2.15. The summed E-state index contributed by atoms with van der Waals surface area (Å²) in [6, 6.07) is 5.74. The van der Waals surface area contributed by atoms with Crippen LogP contribution in [0, 0.1) is 0 Å². The molecule has 23 heavy (non-hydrogen) atoms. The van der Waals surface area contributed by atoms with E-state index in [0.717, 1.165) is 24.1 Å².